The number of nitriles is 2. The third-order valence-corrected chi connectivity index (χ3v) is 16.3. The van der Waals surface area contributed by atoms with Crippen LogP contribution in [0.2, 0.25) is 0 Å². The smallest absolute Gasteiger partial charge is 0.312 e. The van der Waals surface area contributed by atoms with Gasteiger partial charge in [0.1, 0.15) is 11.9 Å². The van der Waals surface area contributed by atoms with E-state index in [1.807, 2.05) is 83.8 Å². The van der Waals surface area contributed by atoms with Crippen LogP contribution in [0.1, 0.15) is 84.4 Å². The number of aliphatic hydroxyl groups excluding tert-OH is 1. The molecule has 14 heteroatoms. The van der Waals surface area contributed by atoms with E-state index < -0.39 is 42.2 Å². The van der Waals surface area contributed by atoms with Gasteiger partial charge < -0.3 is 48.6 Å². The summed E-state index contributed by atoms with van der Waals surface area (Å²) in [7, 11) is 2.79. The van der Waals surface area contributed by atoms with Crippen LogP contribution in [0.5, 0.6) is 5.75 Å². The number of esters is 2. The molecule has 10 atom stereocenters. The highest BCUT2D eigenvalue weighted by atomic mass is 16.5. The molecule has 2 fully saturated rings. The maximum Gasteiger partial charge on any atom is 0.312 e. The van der Waals surface area contributed by atoms with Gasteiger partial charge in [-0.3, -0.25) is 9.59 Å². The van der Waals surface area contributed by atoms with Crippen molar-refractivity contribution in [3.63, 3.8) is 0 Å². The fourth-order valence-electron chi connectivity index (χ4n) is 12.7. The summed E-state index contributed by atoms with van der Waals surface area (Å²) in [5.41, 5.74) is 7.83. The first-order valence-corrected chi connectivity index (χ1v) is 25.6. The van der Waals surface area contributed by atoms with Crippen molar-refractivity contribution < 1.29 is 38.4 Å². The molecule has 0 saturated heterocycles. The van der Waals surface area contributed by atoms with E-state index in [0.29, 0.717) is 90.1 Å². The van der Waals surface area contributed by atoms with Gasteiger partial charge in [0.15, 0.2) is 12.4 Å². The number of nitrogens with zero attached hydrogens (tertiary/aromatic N) is 4. The van der Waals surface area contributed by atoms with Crippen LogP contribution in [-0.2, 0) is 54.6 Å². The second-order valence-electron chi connectivity index (χ2n) is 20.2. The minimum atomic E-state index is -0.877. The van der Waals surface area contributed by atoms with E-state index in [-0.39, 0.29) is 29.6 Å². The molecule has 10 rings (SSSR count). The molecular weight excluding hydrogens is 909 g/mol. The fraction of sp³-hybridized carbons (Fsp3) is 0.448. The molecule has 0 bridgehead atoms. The first-order valence-electron chi connectivity index (χ1n) is 25.6. The number of fused-ring (bicyclic) bond motifs is 8. The molecule has 72 heavy (non-hydrogen) atoms. The zero-order valence-electron chi connectivity index (χ0n) is 41.1. The second kappa shape index (κ2) is 21.9. The molecule has 3 N–H and O–H groups in total. The molecule has 4 aromatic carbocycles. The van der Waals surface area contributed by atoms with E-state index in [0.717, 1.165) is 61.9 Å². The van der Waals surface area contributed by atoms with Crippen LogP contribution in [0, 0.1) is 58.4 Å². The number of H-pyrrole nitrogens is 2. The summed E-state index contributed by atoms with van der Waals surface area (Å²) in [5, 5.41) is 34.4. The van der Waals surface area contributed by atoms with Crippen LogP contribution in [0.15, 0.2) is 103 Å². The largest absolute Gasteiger partial charge is 0.490 e. The molecule has 2 aliphatic carbocycles. The monoisotopic (exact) mass is 972 g/mol. The molecular formula is C58H64N6O8. The molecule has 0 radical (unpaired) electrons. The third-order valence-electron chi connectivity index (χ3n) is 16.3. The van der Waals surface area contributed by atoms with Crippen molar-refractivity contribution in [3.05, 3.63) is 137 Å². The van der Waals surface area contributed by atoms with E-state index in [1.165, 1.54) is 14.2 Å². The lowest BCUT2D eigenvalue weighted by molar-refractivity contribution is -0.159. The summed E-state index contributed by atoms with van der Waals surface area (Å²) >= 11 is 0. The van der Waals surface area contributed by atoms with Gasteiger partial charge in [0, 0.05) is 59.4 Å². The van der Waals surface area contributed by atoms with Gasteiger partial charge in [-0.2, -0.15) is 10.5 Å². The van der Waals surface area contributed by atoms with Gasteiger partial charge in [-0.15, -0.1) is 0 Å². The highest BCUT2D eigenvalue weighted by Gasteiger charge is 2.49. The number of aromatic nitrogens is 2. The Morgan fingerprint density at radius 3 is 1.74 bits per heavy atom. The molecule has 2 saturated carbocycles. The number of para-hydroxylation sites is 1. The average Bonchev–Trinajstić information content (AvgIpc) is 3.97. The average molecular weight is 973 g/mol. The second-order valence-corrected chi connectivity index (χ2v) is 20.2. The molecule has 2 unspecified atom stereocenters. The summed E-state index contributed by atoms with van der Waals surface area (Å²) in [5.74, 6) is -2.35. The molecule has 0 amide bonds. The molecule has 0 spiro atoms. The van der Waals surface area contributed by atoms with Gasteiger partial charge in [-0.05, 0) is 122 Å². The van der Waals surface area contributed by atoms with Gasteiger partial charge in [-0.25, -0.2) is 0 Å². The van der Waals surface area contributed by atoms with Crippen LogP contribution in [0.3, 0.4) is 0 Å². The van der Waals surface area contributed by atoms with Gasteiger partial charge in [0.2, 0.25) is 0 Å². The molecule has 4 aliphatic rings. The normalized spacial score (nSPS) is 26.7. The molecule has 14 nitrogen and oxygen atoms in total. The maximum absolute atomic E-state index is 14.4. The Balaban J connectivity index is 1.01. The Morgan fingerprint density at radius 1 is 0.639 bits per heavy atom. The Labute approximate surface area is 420 Å². The molecule has 4 heterocycles. The lowest BCUT2D eigenvalue weighted by Crippen LogP contribution is -2.49. The number of hydrogen-bond acceptors (Lipinski definition) is 12. The van der Waals surface area contributed by atoms with Crippen molar-refractivity contribution in [2.75, 3.05) is 40.4 Å². The standard InChI is InChI=1S/C58H64N6O8/c1-68-57(66)53-44-28-51(70-32-36-11-5-3-6-12-36)56-43(24-26-64(35-60)30-38(44)17-21-49(53)65)46-27-40(19-20-48(46)62-56)72-50-22-18-39-31-63(34-59)25-23-42-41-15-9-10-16-47(41)61-55(42)52(29-45(39)54(50)58(67)69-2)71-33-37-13-7-4-8-14-37/h3-16,19-20,27,38-39,44-45,49-54,61-62,65H,17-18,21-26,28-33H2,1-2H3/t38-,39-,44?,45?,49-,50-,51-,52+,53+,54+/m0/s1. The Bertz CT molecular complexity index is 2930. The van der Waals surface area contributed by atoms with Crippen molar-refractivity contribution in [2.45, 2.75) is 89.0 Å². The summed E-state index contributed by atoms with van der Waals surface area (Å²) in [6.45, 7) is 2.62. The maximum atomic E-state index is 14.4. The number of hydrogen-bond donors (Lipinski definition) is 3. The van der Waals surface area contributed by atoms with Crippen LogP contribution < -0.4 is 4.74 Å². The zero-order valence-corrected chi connectivity index (χ0v) is 41.1. The zero-order chi connectivity index (χ0) is 49.7. The fourth-order valence-corrected chi connectivity index (χ4v) is 12.7. The lowest BCUT2D eigenvalue weighted by Gasteiger charge is -2.44. The van der Waals surface area contributed by atoms with E-state index in [4.69, 9.17) is 23.7 Å². The van der Waals surface area contributed by atoms with Crippen LogP contribution >= 0.6 is 0 Å². The number of rotatable bonds is 10. The highest BCUT2D eigenvalue weighted by molar-refractivity contribution is 5.87. The van der Waals surface area contributed by atoms with Crippen molar-refractivity contribution in [3.8, 4) is 18.1 Å². The quantitative estimate of drug-likeness (QED) is 0.0875. The first-order chi connectivity index (χ1) is 35.2. The van der Waals surface area contributed by atoms with Gasteiger partial charge in [-0.1, -0.05) is 78.9 Å². The SMILES string of the molecule is COC(=O)[C@@H]1C2C[C@@H](OCc3ccccc3)c3[nH]c4ccccc4c3CCN(C#N)C[C@@H]2CC[C@@H]1Oc1ccc2[nH]c3c(c2c1)CCN(C#N)C[C@@H]1CC[C@H](O)[C@H](C(=O)OC)C1C[C@@H]3OCc1ccccc1. The predicted octanol–water partition coefficient (Wildman–Crippen LogP) is 9.06. The van der Waals surface area contributed by atoms with Crippen molar-refractivity contribution in [1.82, 2.24) is 19.8 Å². The summed E-state index contributed by atoms with van der Waals surface area (Å²) < 4.78 is 31.9. The Hall–Kier alpha value is -6.84. The van der Waals surface area contributed by atoms with E-state index in [1.54, 1.807) is 4.90 Å². The molecule has 2 aromatic heterocycles. The van der Waals surface area contributed by atoms with Crippen LogP contribution in [0.25, 0.3) is 21.8 Å². The van der Waals surface area contributed by atoms with Crippen molar-refractivity contribution in [1.29, 1.82) is 10.5 Å². The Morgan fingerprint density at radius 2 is 1.15 bits per heavy atom. The van der Waals surface area contributed by atoms with E-state index in [9.17, 15) is 25.2 Å². The summed E-state index contributed by atoms with van der Waals surface area (Å²) in [6, 6.07) is 34.3. The molecule has 2 aliphatic heterocycles. The Kier molecular flexibility index (Phi) is 14.8. The van der Waals surface area contributed by atoms with Crippen LogP contribution in [-0.4, -0.2) is 89.4 Å². The number of carbonyl (C=O) groups excluding carboxylic acids is 2. The number of benzene rings is 4. The van der Waals surface area contributed by atoms with Crippen molar-refractivity contribution in [2.24, 2.45) is 35.5 Å². The first kappa shape index (κ1) is 48.8. The van der Waals surface area contributed by atoms with Gasteiger partial charge >= 0.3 is 11.9 Å². The van der Waals surface area contributed by atoms with Crippen molar-refractivity contribution >= 4 is 33.7 Å². The molecule has 6 aromatic rings. The number of methoxy groups -OCH3 is 2. The van der Waals surface area contributed by atoms with Gasteiger partial charge in [0.05, 0.1) is 57.6 Å². The number of ether oxygens (including phenoxy) is 5. The number of carbonyl (C=O) groups is 2. The minimum Gasteiger partial charge on any atom is -0.490 e. The summed E-state index contributed by atoms with van der Waals surface area (Å²) in [4.78, 5) is 39.0. The predicted molar refractivity (Wildman–Crippen MR) is 269 cm³/mol. The number of aromatic amines is 2. The molecule has 374 valence electrons. The topological polar surface area (TPSA) is 186 Å². The van der Waals surface area contributed by atoms with E-state index >= 15 is 0 Å². The summed E-state index contributed by atoms with van der Waals surface area (Å²) in [6.07, 6.45) is 7.10. The minimum absolute atomic E-state index is 0.0261. The number of aliphatic hydroxyl groups is 1. The number of nitrogens with one attached hydrogen (secondary N) is 2. The third kappa shape index (κ3) is 10.1. The van der Waals surface area contributed by atoms with Crippen LogP contribution in [0.4, 0.5) is 0 Å². The van der Waals surface area contributed by atoms with E-state index in [2.05, 4.69) is 46.6 Å². The lowest BCUT2D eigenvalue weighted by atomic mass is 9.67. The highest BCUT2D eigenvalue weighted by Crippen LogP contribution is 2.48. The van der Waals surface area contributed by atoms with Gasteiger partial charge in [0.25, 0.3) is 0 Å².